The number of anilines is 1. The number of carboxylic acid groups (broad SMARTS) is 1. The molecule has 3 rings (SSSR count). The highest BCUT2D eigenvalue weighted by atomic mass is 35.5. The zero-order valence-electron chi connectivity index (χ0n) is 17.5. The molecule has 0 fully saturated rings. The number of carbonyl (C=O) groups is 1. The van der Waals surface area contributed by atoms with Crippen molar-refractivity contribution in [1.82, 2.24) is 0 Å². The monoisotopic (exact) mass is 463 g/mol. The van der Waals surface area contributed by atoms with Crippen molar-refractivity contribution < 1.29 is 19.7 Å². The van der Waals surface area contributed by atoms with Gasteiger partial charge in [0.15, 0.2) is 6.04 Å². The minimum Gasteiger partial charge on any atom is -0.489 e. The second-order valence-corrected chi connectivity index (χ2v) is 7.40. The molecule has 3 aromatic rings. The molecule has 1 unspecified atom stereocenters. The SMILES string of the molecule is N=C(N)c1ccc(NC(C(=O)O)c2cc(Cl)cc(C#Cc3ccccc3)c2OCCO)cc1. The summed E-state index contributed by atoms with van der Waals surface area (Å²) in [4.78, 5) is 12.2. The summed E-state index contributed by atoms with van der Waals surface area (Å²) in [6, 6.07) is 17.6. The van der Waals surface area contributed by atoms with Gasteiger partial charge in [0.2, 0.25) is 0 Å². The molecule has 168 valence electrons. The highest BCUT2D eigenvalue weighted by Gasteiger charge is 2.26. The van der Waals surface area contributed by atoms with Crippen molar-refractivity contribution in [1.29, 1.82) is 5.41 Å². The number of aliphatic hydroxyl groups is 1. The molecule has 3 aromatic carbocycles. The molecule has 0 amide bonds. The number of amidine groups is 1. The molecule has 0 spiro atoms. The maximum absolute atomic E-state index is 12.2. The third-order valence-corrected chi connectivity index (χ3v) is 4.82. The van der Waals surface area contributed by atoms with Gasteiger partial charge in [-0.15, -0.1) is 0 Å². The Balaban J connectivity index is 2.05. The van der Waals surface area contributed by atoms with Gasteiger partial charge < -0.3 is 26.0 Å². The van der Waals surface area contributed by atoms with E-state index in [1.165, 1.54) is 6.07 Å². The average molecular weight is 464 g/mol. The van der Waals surface area contributed by atoms with Gasteiger partial charge in [0.1, 0.15) is 18.2 Å². The third-order valence-electron chi connectivity index (χ3n) is 4.60. The van der Waals surface area contributed by atoms with Crippen LogP contribution in [0.5, 0.6) is 5.75 Å². The van der Waals surface area contributed by atoms with Crippen molar-refractivity contribution >= 4 is 29.1 Å². The van der Waals surface area contributed by atoms with Crippen LogP contribution in [0.25, 0.3) is 0 Å². The molecule has 0 radical (unpaired) electrons. The molecule has 33 heavy (non-hydrogen) atoms. The molecule has 0 aliphatic heterocycles. The fraction of sp³-hybridized carbons (Fsp3) is 0.120. The van der Waals surface area contributed by atoms with Gasteiger partial charge in [-0.2, -0.15) is 0 Å². The van der Waals surface area contributed by atoms with E-state index in [0.29, 0.717) is 21.8 Å². The molecule has 0 aliphatic rings. The minimum absolute atomic E-state index is 0.0473. The Bertz CT molecular complexity index is 1200. The quantitative estimate of drug-likeness (QED) is 0.197. The van der Waals surface area contributed by atoms with Gasteiger partial charge in [0, 0.05) is 27.4 Å². The van der Waals surface area contributed by atoms with Crippen molar-refractivity contribution in [2.45, 2.75) is 6.04 Å². The zero-order chi connectivity index (χ0) is 23.8. The second-order valence-electron chi connectivity index (χ2n) is 6.97. The summed E-state index contributed by atoms with van der Waals surface area (Å²) in [7, 11) is 0. The van der Waals surface area contributed by atoms with Crippen LogP contribution in [0.4, 0.5) is 5.69 Å². The largest absolute Gasteiger partial charge is 0.489 e. The molecule has 0 aliphatic carbocycles. The molecule has 1 atom stereocenters. The maximum atomic E-state index is 12.2. The lowest BCUT2D eigenvalue weighted by molar-refractivity contribution is -0.138. The zero-order valence-corrected chi connectivity index (χ0v) is 18.3. The summed E-state index contributed by atoms with van der Waals surface area (Å²) in [6.07, 6.45) is 0. The van der Waals surface area contributed by atoms with Crippen LogP contribution in [-0.2, 0) is 4.79 Å². The Morgan fingerprint density at radius 1 is 1.12 bits per heavy atom. The molecule has 7 nitrogen and oxygen atoms in total. The number of nitrogens with one attached hydrogen (secondary N) is 2. The number of rotatable bonds is 8. The molecule has 8 heteroatoms. The Morgan fingerprint density at radius 2 is 1.82 bits per heavy atom. The van der Waals surface area contributed by atoms with Gasteiger partial charge in [-0.05, 0) is 48.5 Å². The van der Waals surface area contributed by atoms with Crippen LogP contribution in [0.15, 0.2) is 66.7 Å². The third kappa shape index (κ3) is 6.26. The Morgan fingerprint density at radius 3 is 2.42 bits per heavy atom. The van der Waals surface area contributed by atoms with Crippen LogP contribution >= 0.6 is 11.6 Å². The summed E-state index contributed by atoms with van der Waals surface area (Å²) in [6.45, 7) is -0.306. The molecular formula is C25H22ClN3O4. The van der Waals surface area contributed by atoms with Crippen molar-refractivity contribution in [2.24, 2.45) is 5.73 Å². The van der Waals surface area contributed by atoms with Gasteiger partial charge in [-0.1, -0.05) is 41.6 Å². The average Bonchev–Trinajstić information content (AvgIpc) is 2.81. The Kier molecular flexibility index (Phi) is 7.92. The van der Waals surface area contributed by atoms with E-state index in [9.17, 15) is 15.0 Å². The number of aliphatic hydroxyl groups excluding tert-OH is 1. The van der Waals surface area contributed by atoms with Crippen LogP contribution in [0, 0.1) is 17.3 Å². The Labute approximate surface area is 196 Å². The number of hydrogen-bond donors (Lipinski definition) is 5. The number of aliphatic carboxylic acids is 1. The van der Waals surface area contributed by atoms with E-state index < -0.39 is 12.0 Å². The van der Waals surface area contributed by atoms with Crippen LogP contribution < -0.4 is 15.8 Å². The van der Waals surface area contributed by atoms with Crippen LogP contribution in [0.1, 0.15) is 28.3 Å². The maximum Gasteiger partial charge on any atom is 0.330 e. The van der Waals surface area contributed by atoms with E-state index >= 15 is 0 Å². The Hall–Kier alpha value is -3.99. The fourth-order valence-corrected chi connectivity index (χ4v) is 3.30. The standard InChI is InChI=1S/C25H22ClN3O4/c26-19-14-18(7-6-16-4-2-1-3-5-16)23(33-13-12-30)21(15-19)22(25(31)32)29-20-10-8-17(9-11-20)24(27)28/h1-5,8-11,14-15,22,29-30H,12-13H2,(H3,27,28)(H,31,32). The molecule has 6 N–H and O–H groups in total. The first kappa shape index (κ1) is 23.7. The van der Waals surface area contributed by atoms with Crippen molar-refractivity contribution in [3.8, 4) is 17.6 Å². The summed E-state index contributed by atoms with van der Waals surface area (Å²) >= 11 is 6.31. The van der Waals surface area contributed by atoms with E-state index in [4.69, 9.17) is 27.5 Å². The topological polar surface area (TPSA) is 129 Å². The summed E-state index contributed by atoms with van der Waals surface area (Å²) in [5.41, 5.74) is 7.92. The van der Waals surface area contributed by atoms with Gasteiger partial charge in [-0.25, -0.2) is 4.79 Å². The molecular weight excluding hydrogens is 442 g/mol. The normalized spacial score (nSPS) is 11.1. The lowest BCUT2D eigenvalue weighted by atomic mass is 10.0. The van der Waals surface area contributed by atoms with Crippen molar-refractivity contribution in [3.05, 3.63) is 94.0 Å². The lowest BCUT2D eigenvalue weighted by Crippen LogP contribution is -2.22. The molecule has 0 bridgehead atoms. The fourth-order valence-electron chi connectivity index (χ4n) is 3.08. The molecule has 0 saturated heterocycles. The van der Waals surface area contributed by atoms with Crippen LogP contribution in [-0.4, -0.2) is 35.2 Å². The van der Waals surface area contributed by atoms with E-state index in [-0.39, 0.29) is 30.4 Å². The first-order valence-electron chi connectivity index (χ1n) is 9.97. The van der Waals surface area contributed by atoms with E-state index in [1.807, 2.05) is 30.3 Å². The molecule has 0 saturated carbocycles. The number of carboxylic acids is 1. The summed E-state index contributed by atoms with van der Waals surface area (Å²) in [5.74, 6) is 4.98. The van der Waals surface area contributed by atoms with Crippen LogP contribution in [0.2, 0.25) is 5.02 Å². The first-order chi connectivity index (χ1) is 15.9. The summed E-state index contributed by atoms with van der Waals surface area (Å²) < 4.78 is 5.72. The van der Waals surface area contributed by atoms with E-state index in [2.05, 4.69) is 17.2 Å². The lowest BCUT2D eigenvalue weighted by Gasteiger charge is -2.21. The van der Waals surface area contributed by atoms with Crippen molar-refractivity contribution in [2.75, 3.05) is 18.5 Å². The number of halogens is 1. The van der Waals surface area contributed by atoms with E-state index in [0.717, 1.165) is 5.56 Å². The van der Waals surface area contributed by atoms with Crippen LogP contribution in [0.3, 0.4) is 0 Å². The number of hydrogen-bond acceptors (Lipinski definition) is 5. The van der Waals surface area contributed by atoms with Gasteiger partial charge in [0.05, 0.1) is 12.2 Å². The van der Waals surface area contributed by atoms with Gasteiger partial charge in [-0.3, -0.25) is 5.41 Å². The predicted molar refractivity (Wildman–Crippen MR) is 128 cm³/mol. The van der Waals surface area contributed by atoms with E-state index in [1.54, 1.807) is 30.3 Å². The first-order valence-corrected chi connectivity index (χ1v) is 10.3. The van der Waals surface area contributed by atoms with Crippen molar-refractivity contribution in [3.63, 3.8) is 0 Å². The van der Waals surface area contributed by atoms with Gasteiger partial charge in [0.25, 0.3) is 0 Å². The second kappa shape index (κ2) is 11.0. The number of nitrogen functional groups attached to an aromatic ring is 1. The highest BCUT2D eigenvalue weighted by Crippen LogP contribution is 2.34. The highest BCUT2D eigenvalue weighted by molar-refractivity contribution is 6.30. The minimum atomic E-state index is -1.22. The number of nitrogens with two attached hydrogens (primary N) is 1. The number of ether oxygens (including phenoxy) is 1. The molecule has 0 heterocycles. The smallest absolute Gasteiger partial charge is 0.330 e. The predicted octanol–water partition coefficient (Wildman–Crippen LogP) is 3.63. The number of benzene rings is 3. The van der Waals surface area contributed by atoms with Gasteiger partial charge >= 0.3 is 5.97 Å². The summed E-state index contributed by atoms with van der Waals surface area (Å²) in [5, 5.41) is 30.0. The molecule has 0 aromatic heterocycles.